The maximum absolute atomic E-state index is 12.4. The molecule has 0 bridgehead atoms. The fourth-order valence-corrected chi connectivity index (χ4v) is 2.45. The second-order valence-electron chi connectivity index (χ2n) is 6.90. The lowest BCUT2D eigenvalue weighted by molar-refractivity contribution is 0.0644. The van der Waals surface area contributed by atoms with E-state index in [9.17, 15) is 19.8 Å². The van der Waals surface area contributed by atoms with Gasteiger partial charge in [-0.05, 0) is 42.5 Å². The summed E-state index contributed by atoms with van der Waals surface area (Å²) in [5.74, 6) is -1.42. The van der Waals surface area contributed by atoms with Crippen molar-refractivity contribution in [2.45, 2.75) is 13.8 Å². The van der Waals surface area contributed by atoms with Gasteiger partial charge in [0.2, 0.25) is 0 Å². The summed E-state index contributed by atoms with van der Waals surface area (Å²) in [6.45, 7) is 5.09. The summed E-state index contributed by atoms with van der Waals surface area (Å²) in [6.07, 6.45) is 0. The second kappa shape index (κ2) is 8.55. The van der Waals surface area contributed by atoms with Crippen LogP contribution in [0.15, 0.2) is 42.5 Å². The van der Waals surface area contributed by atoms with Crippen LogP contribution in [0.3, 0.4) is 0 Å². The van der Waals surface area contributed by atoms with E-state index in [0.717, 1.165) is 6.07 Å². The summed E-state index contributed by atoms with van der Waals surface area (Å²) in [5, 5.41) is 21.3. The number of hydrogen-bond donors (Lipinski definition) is 3. The SMILES string of the molecule is COCC(C)(C)COc1ccc(NC(=O)c2cc(O)ccc2C(=O)O)cc1. The van der Waals surface area contributed by atoms with Crippen molar-refractivity contribution in [3.8, 4) is 11.5 Å². The molecule has 0 aliphatic rings. The molecule has 2 aromatic rings. The van der Waals surface area contributed by atoms with Crippen LogP contribution >= 0.6 is 0 Å². The first kappa shape index (κ1) is 20.3. The van der Waals surface area contributed by atoms with Gasteiger partial charge in [0, 0.05) is 18.2 Å². The Morgan fingerprint density at radius 3 is 2.30 bits per heavy atom. The third kappa shape index (κ3) is 5.72. The number of ether oxygens (including phenoxy) is 2. The lowest BCUT2D eigenvalue weighted by atomic mass is 9.96. The van der Waals surface area contributed by atoms with E-state index in [-0.39, 0.29) is 22.3 Å². The standard InChI is InChI=1S/C20H23NO6/c1-20(2,11-26-3)12-27-15-7-4-13(5-8-15)21-18(23)17-10-14(22)6-9-16(17)19(24)25/h4-10,22H,11-12H2,1-3H3,(H,21,23)(H,24,25). The molecule has 27 heavy (non-hydrogen) atoms. The smallest absolute Gasteiger partial charge is 0.336 e. The average molecular weight is 373 g/mol. The third-order valence-electron chi connectivity index (χ3n) is 3.76. The van der Waals surface area contributed by atoms with Gasteiger partial charge in [0.15, 0.2) is 0 Å². The number of rotatable bonds is 8. The van der Waals surface area contributed by atoms with Crippen molar-refractivity contribution >= 4 is 17.6 Å². The zero-order valence-corrected chi connectivity index (χ0v) is 15.5. The molecule has 0 aliphatic carbocycles. The topological polar surface area (TPSA) is 105 Å². The molecule has 2 aromatic carbocycles. The van der Waals surface area contributed by atoms with Crippen molar-refractivity contribution in [3.63, 3.8) is 0 Å². The highest BCUT2D eigenvalue weighted by Gasteiger charge is 2.19. The number of benzene rings is 2. The number of amides is 1. The van der Waals surface area contributed by atoms with E-state index in [2.05, 4.69) is 5.32 Å². The van der Waals surface area contributed by atoms with Crippen molar-refractivity contribution in [1.82, 2.24) is 0 Å². The number of methoxy groups -OCH3 is 1. The van der Waals surface area contributed by atoms with E-state index >= 15 is 0 Å². The molecule has 0 saturated carbocycles. The van der Waals surface area contributed by atoms with Crippen LogP contribution in [0.25, 0.3) is 0 Å². The summed E-state index contributed by atoms with van der Waals surface area (Å²) in [4.78, 5) is 23.6. The number of carboxylic acid groups (broad SMARTS) is 1. The van der Waals surface area contributed by atoms with Crippen molar-refractivity contribution in [2.24, 2.45) is 5.41 Å². The molecular weight excluding hydrogens is 350 g/mol. The number of hydrogen-bond acceptors (Lipinski definition) is 5. The molecular formula is C20H23NO6. The van der Waals surface area contributed by atoms with E-state index in [1.807, 2.05) is 13.8 Å². The van der Waals surface area contributed by atoms with E-state index in [1.165, 1.54) is 12.1 Å². The van der Waals surface area contributed by atoms with Gasteiger partial charge in [-0.15, -0.1) is 0 Å². The predicted molar refractivity (Wildman–Crippen MR) is 101 cm³/mol. The van der Waals surface area contributed by atoms with Gasteiger partial charge < -0.3 is 25.0 Å². The van der Waals surface area contributed by atoms with Crippen LogP contribution in [-0.2, 0) is 4.74 Å². The van der Waals surface area contributed by atoms with Crippen molar-refractivity contribution < 1.29 is 29.3 Å². The number of phenolic OH excluding ortho intramolecular Hbond substituents is 1. The van der Waals surface area contributed by atoms with Gasteiger partial charge in [-0.3, -0.25) is 4.79 Å². The second-order valence-corrected chi connectivity index (χ2v) is 6.90. The van der Waals surface area contributed by atoms with Gasteiger partial charge >= 0.3 is 5.97 Å². The minimum atomic E-state index is -1.25. The Balaban J connectivity index is 2.05. The molecule has 0 aromatic heterocycles. The Hall–Kier alpha value is -3.06. The monoisotopic (exact) mass is 373 g/mol. The lowest BCUT2D eigenvalue weighted by Crippen LogP contribution is -2.26. The van der Waals surface area contributed by atoms with Gasteiger partial charge in [-0.25, -0.2) is 4.79 Å². The Labute approximate surface area is 157 Å². The molecule has 1 amide bonds. The molecule has 2 rings (SSSR count). The van der Waals surface area contributed by atoms with Gasteiger partial charge in [0.1, 0.15) is 11.5 Å². The summed E-state index contributed by atoms with van der Waals surface area (Å²) in [5.41, 5.74) is 0.0300. The Bertz CT molecular complexity index is 814. The molecule has 0 unspecified atom stereocenters. The zero-order chi connectivity index (χ0) is 20.0. The summed E-state index contributed by atoms with van der Waals surface area (Å²) in [7, 11) is 1.64. The first-order valence-corrected chi connectivity index (χ1v) is 8.31. The van der Waals surface area contributed by atoms with Crippen molar-refractivity contribution in [1.29, 1.82) is 0 Å². The number of nitrogens with one attached hydrogen (secondary N) is 1. The highest BCUT2D eigenvalue weighted by molar-refractivity contribution is 6.10. The Morgan fingerprint density at radius 1 is 1.04 bits per heavy atom. The normalized spacial score (nSPS) is 11.1. The number of aromatic hydroxyl groups is 1. The molecule has 0 aliphatic heterocycles. The molecule has 3 N–H and O–H groups in total. The number of carbonyl (C=O) groups is 2. The van der Waals surface area contributed by atoms with Crippen LogP contribution in [0.4, 0.5) is 5.69 Å². The number of carbonyl (C=O) groups excluding carboxylic acids is 1. The molecule has 144 valence electrons. The fraction of sp³-hybridized carbons (Fsp3) is 0.300. The summed E-state index contributed by atoms with van der Waals surface area (Å²) in [6, 6.07) is 10.2. The van der Waals surface area contributed by atoms with Gasteiger partial charge in [-0.2, -0.15) is 0 Å². The zero-order valence-electron chi connectivity index (χ0n) is 15.5. The molecule has 0 saturated heterocycles. The molecule has 0 fully saturated rings. The summed E-state index contributed by atoms with van der Waals surface area (Å²) < 4.78 is 10.9. The average Bonchev–Trinajstić information content (AvgIpc) is 2.60. The minimum absolute atomic E-state index is 0.121. The summed E-state index contributed by atoms with van der Waals surface area (Å²) >= 11 is 0. The van der Waals surface area contributed by atoms with Crippen LogP contribution in [0, 0.1) is 5.41 Å². The minimum Gasteiger partial charge on any atom is -0.508 e. The van der Waals surface area contributed by atoms with Gasteiger partial charge in [0.05, 0.1) is 24.3 Å². The third-order valence-corrected chi connectivity index (χ3v) is 3.76. The molecule has 0 radical (unpaired) electrons. The number of aromatic carboxylic acids is 1. The molecule has 7 heteroatoms. The first-order chi connectivity index (χ1) is 12.7. The van der Waals surface area contributed by atoms with Crippen LogP contribution in [-0.4, -0.2) is 42.4 Å². The maximum Gasteiger partial charge on any atom is 0.336 e. The number of carboxylic acids is 1. The maximum atomic E-state index is 12.4. The number of anilines is 1. The molecule has 7 nitrogen and oxygen atoms in total. The first-order valence-electron chi connectivity index (χ1n) is 8.31. The van der Waals surface area contributed by atoms with Crippen LogP contribution in [0.5, 0.6) is 11.5 Å². The highest BCUT2D eigenvalue weighted by atomic mass is 16.5. The van der Waals surface area contributed by atoms with Gasteiger partial charge in [0.25, 0.3) is 5.91 Å². The van der Waals surface area contributed by atoms with E-state index in [0.29, 0.717) is 24.7 Å². The Kier molecular flexibility index (Phi) is 6.41. The number of phenols is 1. The quantitative estimate of drug-likeness (QED) is 0.655. The molecule has 0 atom stereocenters. The van der Waals surface area contributed by atoms with Crippen LogP contribution in [0.1, 0.15) is 34.6 Å². The largest absolute Gasteiger partial charge is 0.508 e. The van der Waals surface area contributed by atoms with Crippen LogP contribution < -0.4 is 10.1 Å². The highest BCUT2D eigenvalue weighted by Crippen LogP contribution is 2.22. The molecule has 0 spiro atoms. The van der Waals surface area contributed by atoms with E-state index < -0.39 is 11.9 Å². The Morgan fingerprint density at radius 2 is 1.70 bits per heavy atom. The van der Waals surface area contributed by atoms with Crippen molar-refractivity contribution in [3.05, 3.63) is 53.6 Å². The molecule has 0 heterocycles. The lowest BCUT2D eigenvalue weighted by Gasteiger charge is -2.23. The predicted octanol–water partition coefficient (Wildman–Crippen LogP) is 3.39. The van der Waals surface area contributed by atoms with E-state index in [4.69, 9.17) is 9.47 Å². The van der Waals surface area contributed by atoms with Crippen molar-refractivity contribution in [2.75, 3.05) is 25.6 Å². The fourth-order valence-electron chi connectivity index (χ4n) is 2.45. The van der Waals surface area contributed by atoms with Gasteiger partial charge in [-0.1, -0.05) is 13.8 Å². The van der Waals surface area contributed by atoms with E-state index in [1.54, 1.807) is 31.4 Å². The van der Waals surface area contributed by atoms with Crippen LogP contribution in [0.2, 0.25) is 0 Å².